The third-order valence-electron chi connectivity index (χ3n) is 4.10. The second-order valence-corrected chi connectivity index (χ2v) is 5.62. The molecule has 0 aromatic heterocycles. The quantitative estimate of drug-likeness (QED) is 0.506. The number of ketones is 1. The number of Topliss-reactive ketones (excluding diaryl/α,β-unsaturated/α-hetero) is 1. The van der Waals surface area contributed by atoms with Gasteiger partial charge < -0.3 is 15.7 Å². The molecule has 1 aliphatic heterocycles. The Morgan fingerprint density at radius 1 is 1.00 bits per heavy atom. The van der Waals surface area contributed by atoms with Crippen LogP contribution in [0.1, 0.15) is 17.2 Å². The minimum Gasteiger partial charge on any atom is -0.507 e. The van der Waals surface area contributed by atoms with Gasteiger partial charge in [-0.25, -0.2) is 0 Å². The van der Waals surface area contributed by atoms with Crippen molar-refractivity contribution in [3.63, 3.8) is 0 Å². The van der Waals surface area contributed by atoms with Crippen LogP contribution in [0.4, 0.5) is 0 Å². The molecule has 5 nitrogen and oxygen atoms in total. The fraction of sp³-hybridized carbons (Fsp3) is 0.158. The molecule has 1 atom stereocenters. The molecule has 2 aromatic rings. The van der Waals surface area contributed by atoms with Crippen LogP contribution in [-0.2, 0) is 9.59 Å². The molecule has 3 rings (SSSR count). The smallest absolute Gasteiger partial charge is 0.295 e. The van der Waals surface area contributed by atoms with Gasteiger partial charge >= 0.3 is 0 Å². The van der Waals surface area contributed by atoms with Crippen LogP contribution in [0.2, 0.25) is 0 Å². The molecule has 24 heavy (non-hydrogen) atoms. The molecule has 0 spiro atoms. The zero-order chi connectivity index (χ0) is 17.1. The van der Waals surface area contributed by atoms with E-state index in [1.54, 1.807) is 24.3 Å². The Labute approximate surface area is 140 Å². The molecular formula is C19H19N2O3+. The SMILES string of the molecule is [NH3+]CCN1C(=O)C(=O)C(=C(O)c2ccccc2)[C@@H]1c1ccccc1. The predicted molar refractivity (Wildman–Crippen MR) is 89.6 cm³/mol. The van der Waals surface area contributed by atoms with Crippen LogP contribution in [0.5, 0.6) is 0 Å². The summed E-state index contributed by atoms with van der Waals surface area (Å²) in [7, 11) is 0. The lowest BCUT2D eigenvalue weighted by atomic mass is 9.95. The summed E-state index contributed by atoms with van der Waals surface area (Å²) in [6.07, 6.45) is 0. The molecule has 1 amide bonds. The number of carbonyl (C=O) groups is 2. The Bertz CT molecular complexity index is 785. The second-order valence-electron chi connectivity index (χ2n) is 5.62. The number of quaternary nitrogens is 1. The monoisotopic (exact) mass is 323 g/mol. The highest BCUT2D eigenvalue weighted by Gasteiger charge is 2.45. The van der Waals surface area contributed by atoms with E-state index >= 15 is 0 Å². The second kappa shape index (κ2) is 6.68. The summed E-state index contributed by atoms with van der Waals surface area (Å²) < 4.78 is 0. The summed E-state index contributed by atoms with van der Waals surface area (Å²) in [6, 6.07) is 17.5. The van der Waals surface area contributed by atoms with Crippen molar-refractivity contribution < 1.29 is 20.4 Å². The van der Waals surface area contributed by atoms with Crippen LogP contribution < -0.4 is 5.73 Å². The zero-order valence-electron chi connectivity index (χ0n) is 13.2. The summed E-state index contributed by atoms with van der Waals surface area (Å²) in [5, 5.41) is 10.7. The van der Waals surface area contributed by atoms with Gasteiger partial charge in [0.1, 0.15) is 5.76 Å². The van der Waals surface area contributed by atoms with Crippen molar-refractivity contribution in [2.75, 3.05) is 13.1 Å². The Kier molecular flexibility index (Phi) is 4.44. The van der Waals surface area contributed by atoms with Gasteiger partial charge in [-0.1, -0.05) is 60.7 Å². The average Bonchev–Trinajstić information content (AvgIpc) is 2.88. The highest BCUT2D eigenvalue weighted by Crippen LogP contribution is 2.38. The van der Waals surface area contributed by atoms with Gasteiger partial charge in [0.2, 0.25) is 0 Å². The molecule has 0 saturated carbocycles. The molecule has 1 saturated heterocycles. The van der Waals surface area contributed by atoms with Crippen molar-refractivity contribution >= 4 is 17.4 Å². The molecule has 1 heterocycles. The number of aliphatic hydroxyl groups is 1. The van der Waals surface area contributed by atoms with Crippen LogP contribution in [0.25, 0.3) is 5.76 Å². The lowest BCUT2D eigenvalue weighted by Gasteiger charge is -2.24. The van der Waals surface area contributed by atoms with Crippen molar-refractivity contribution in [1.29, 1.82) is 0 Å². The Morgan fingerprint density at radius 2 is 1.58 bits per heavy atom. The van der Waals surface area contributed by atoms with Gasteiger partial charge in [0, 0.05) is 5.56 Å². The first-order valence-corrected chi connectivity index (χ1v) is 7.83. The van der Waals surface area contributed by atoms with E-state index in [2.05, 4.69) is 5.73 Å². The van der Waals surface area contributed by atoms with Gasteiger partial charge in [0.05, 0.1) is 24.7 Å². The van der Waals surface area contributed by atoms with Crippen molar-refractivity contribution in [2.45, 2.75) is 6.04 Å². The Hall–Kier alpha value is -2.92. The topological polar surface area (TPSA) is 85.3 Å². The lowest BCUT2D eigenvalue weighted by molar-refractivity contribution is -0.368. The standard InChI is InChI=1S/C19H18N2O3/c20-11-12-21-16(13-7-3-1-4-8-13)15(18(23)19(21)24)17(22)14-9-5-2-6-10-14/h1-10,16,22H,11-12,20H2/p+1/t16-/m0/s1. The Morgan fingerprint density at radius 3 is 2.17 bits per heavy atom. The van der Waals surface area contributed by atoms with Crippen LogP contribution >= 0.6 is 0 Å². The molecule has 0 bridgehead atoms. The van der Waals surface area contributed by atoms with E-state index in [1.807, 2.05) is 36.4 Å². The number of hydrogen-bond acceptors (Lipinski definition) is 3. The molecule has 122 valence electrons. The molecule has 0 aliphatic carbocycles. The number of likely N-dealkylation sites (tertiary alicyclic amines) is 1. The first-order valence-electron chi connectivity index (χ1n) is 7.83. The summed E-state index contributed by atoms with van der Waals surface area (Å²) in [4.78, 5) is 26.5. The predicted octanol–water partition coefficient (Wildman–Crippen LogP) is 1.35. The van der Waals surface area contributed by atoms with E-state index in [4.69, 9.17) is 0 Å². The number of benzene rings is 2. The molecular weight excluding hydrogens is 304 g/mol. The normalized spacial score (nSPS) is 19.7. The largest absolute Gasteiger partial charge is 0.507 e. The van der Waals surface area contributed by atoms with Crippen molar-refractivity contribution in [1.82, 2.24) is 4.90 Å². The van der Waals surface area contributed by atoms with Crippen molar-refractivity contribution in [3.05, 3.63) is 77.4 Å². The van der Waals surface area contributed by atoms with E-state index in [0.717, 1.165) is 5.56 Å². The van der Waals surface area contributed by atoms with Crippen molar-refractivity contribution in [2.24, 2.45) is 0 Å². The maximum atomic E-state index is 12.6. The highest BCUT2D eigenvalue weighted by atomic mass is 16.3. The van der Waals surface area contributed by atoms with Gasteiger partial charge in [-0.15, -0.1) is 0 Å². The molecule has 5 heteroatoms. The number of aliphatic hydroxyl groups excluding tert-OH is 1. The van der Waals surface area contributed by atoms with Gasteiger partial charge in [0.15, 0.2) is 0 Å². The molecule has 1 fully saturated rings. The third kappa shape index (κ3) is 2.70. The van der Waals surface area contributed by atoms with Crippen LogP contribution in [0.3, 0.4) is 0 Å². The highest BCUT2D eigenvalue weighted by molar-refractivity contribution is 6.46. The first-order chi connectivity index (χ1) is 11.6. The third-order valence-corrected chi connectivity index (χ3v) is 4.10. The summed E-state index contributed by atoms with van der Waals surface area (Å²) in [5.74, 6) is -1.39. The van der Waals surface area contributed by atoms with Gasteiger partial charge in [0.25, 0.3) is 11.7 Å². The van der Waals surface area contributed by atoms with Crippen LogP contribution in [0.15, 0.2) is 66.2 Å². The first kappa shape index (κ1) is 16.0. The molecule has 0 radical (unpaired) electrons. The Balaban J connectivity index is 2.18. The zero-order valence-corrected chi connectivity index (χ0v) is 13.2. The lowest BCUT2D eigenvalue weighted by Crippen LogP contribution is -2.55. The fourth-order valence-corrected chi connectivity index (χ4v) is 3.01. The molecule has 4 N–H and O–H groups in total. The van der Waals surface area contributed by atoms with Gasteiger partial charge in [-0.2, -0.15) is 0 Å². The summed E-state index contributed by atoms with van der Waals surface area (Å²) in [6.45, 7) is 0.845. The minimum absolute atomic E-state index is 0.130. The minimum atomic E-state index is -0.654. The number of rotatable bonds is 4. The van der Waals surface area contributed by atoms with Crippen LogP contribution in [-0.4, -0.2) is 34.8 Å². The maximum absolute atomic E-state index is 12.6. The molecule has 2 aromatic carbocycles. The van der Waals surface area contributed by atoms with E-state index < -0.39 is 17.7 Å². The molecule has 0 unspecified atom stereocenters. The van der Waals surface area contributed by atoms with E-state index in [0.29, 0.717) is 18.7 Å². The number of amides is 1. The fourth-order valence-electron chi connectivity index (χ4n) is 3.01. The van der Waals surface area contributed by atoms with Crippen molar-refractivity contribution in [3.8, 4) is 0 Å². The van der Waals surface area contributed by atoms with Gasteiger partial charge in [-0.3, -0.25) is 9.59 Å². The van der Waals surface area contributed by atoms with E-state index in [9.17, 15) is 14.7 Å². The number of carbonyl (C=O) groups excluding carboxylic acids is 2. The summed E-state index contributed by atoms with van der Waals surface area (Å²) in [5.41, 5.74) is 5.23. The summed E-state index contributed by atoms with van der Waals surface area (Å²) >= 11 is 0. The molecule has 1 aliphatic rings. The average molecular weight is 323 g/mol. The maximum Gasteiger partial charge on any atom is 0.295 e. The number of nitrogens with zero attached hydrogens (tertiary/aromatic N) is 1. The number of hydrogen-bond donors (Lipinski definition) is 2. The van der Waals surface area contributed by atoms with Gasteiger partial charge in [-0.05, 0) is 5.56 Å². The van der Waals surface area contributed by atoms with E-state index in [-0.39, 0.29) is 11.3 Å². The van der Waals surface area contributed by atoms with Crippen LogP contribution in [0, 0.1) is 0 Å². The van der Waals surface area contributed by atoms with E-state index in [1.165, 1.54) is 4.90 Å².